The van der Waals surface area contributed by atoms with E-state index in [4.69, 9.17) is 0 Å². The summed E-state index contributed by atoms with van der Waals surface area (Å²) in [5.74, 6) is -0.0949. The monoisotopic (exact) mass is 285 g/mol. The van der Waals surface area contributed by atoms with Crippen LogP contribution in [0, 0.1) is 19.7 Å². The molecule has 2 rings (SSSR count). The van der Waals surface area contributed by atoms with Gasteiger partial charge >= 0.3 is 0 Å². The molecule has 1 saturated heterocycles. The highest BCUT2D eigenvalue weighted by molar-refractivity contribution is 9.10. The Balaban J connectivity index is 2.45. The largest absolute Gasteiger partial charge is 0.310 e. The highest BCUT2D eigenvalue weighted by atomic mass is 79.9. The third-order valence-corrected chi connectivity index (χ3v) is 4.02. The first-order valence-electron chi connectivity index (χ1n) is 5.79. The van der Waals surface area contributed by atoms with E-state index in [9.17, 15) is 4.39 Å². The summed E-state index contributed by atoms with van der Waals surface area (Å²) in [4.78, 5) is 0. The van der Waals surface area contributed by atoms with Gasteiger partial charge in [0.1, 0.15) is 5.82 Å². The zero-order valence-electron chi connectivity index (χ0n) is 9.74. The van der Waals surface area contributed by atoms with Crippen molar-refractivity contribution in [2.45, 2.75) is 39.2 Å². The van der Waals surface area contributed by atoms with Crippen LogP contribution in [0.25, 0.3) is 0 Å². The number of piperidine rings is 1. The Bertz CT molecular complexity index is 371. The van der Waals surface area contributed by atoms with Crippen LogP contribution in [-0.2, 0) is 0 Å². The zero-order valence-corrected chi connectivity index (χ0v) is 11.3. The van der Waals surface area contributed by atoms with Crippen LogP contribution in [0.15, 0.2) is 10.5 Å². The number of hydrogen-bond acceptors (Lipinski definition) is 1. The Kier molecular flexibility index (Phi) is 3.65. The quantitative estimate of drug-likeness (QED) is 0.822. The summed E-state index contributed by atoms with van der Waals surface area (Å²) in [6.07, 6.45) is 3.42. The molecule has 1 aliphatic heterocycles. The SMILES string of the molecule is Cc1cc(Br)c(F)c(C2CCCCN2)c1C. The number of halogens is 2. The molecule has 0 saturated carbocycles. The second-order valence-corrected chi connectivity index (χ2v) is 5.38. The number of aryl methyl sites for hydroxylation is 1. The van der Waals surface area contributed by atoms with Crippen LogP contribution in [0.4, 0.5) is 4.39 Å². The molecular weight excluding hydrogens is 269 g/mol. The normalized spacial score (nSPS) is 21.1. The zero-order chi connectivity index (χ0) is 11.7. The molecule has 1 atom stereocenters. The molecule has 0 spiro atoms. The van der Waals surface area contributed by atoms with Crippen molar-refractivity contribution in [3.05, 3.63) is 33.0 Å². The number of nitrogens with one attached hydrogen (secondary N) is 1. The lowest BCUT2D eigenvalue weighted by atomic mass is 9.91. The average Bonchev–Trinajstić information content (AvgIpc) is 2.28. The van der Waals surface area contributed by atoms with E-state index in [1.807, 2.05) is 19.9 Å². The first kappa shape index (κ1) is 12.1. The van der Waals surface area contributed by atoms with Gasteiger partial charge in [0, 0.05) is 11.6 Å². The number of rotatable bonds is 1. The minimum Gasteiger partial charge on any atom is -0.310 e. The van der Waals surface area contributed by atoms with Gasteiger partial charge in [0.25, 0.3) is 0 Å². The topological polar surface area (TPSA) is 12.0 Å². The molecular formula is C13H17BrFN. The minimum atomic E-state index is -0.0949. The molecule has 3 heteroatoms. The molecule has 88 valence electrons. The Hall–Kier alpha value is -0.410. The third-order valence-electron chi connectivity index (χ3n) is 3.44. The molecule has 1 aromatic rings. The molecule has 1 unspecified atom stereocenters. The highest BCUT2D eigenvalue weighted by Gasteiger charge is 2.22. The van der Waals surface area contributed by atoms with Gasteiger partial charge in [-0.05, 0) is 66.4 Å². The Morgan fingerprint density at radius 1 is 1.38 bits per heavy atom. The van der Waals surface area contributed by atoms with Gasteiger partial charge in [-0.25, -0.2) is 4.39 Å². The summed E-state index contributed by atoms with van der Waals surface area (Å²) in [5.41, 5.74) is 3.09. The van der Waals surface area contributed by atoms with Gasteiger partial charge in [-0.15, -0.1) is 0 Å². The summed E-state index contributed by atoms with van der Waals surface area (Å²) in [6.45, 7) is 5.04. The van der Waals surface area contributed by atoms with Crippen molar-refractivity contribution >= 4 is 15.9 Å². The van der Waals surface area contributed by atoms with Crippen LogP contribution < -0.4 is 5.32 Å². The van der Waals surface area contributed by atoms with Crippen LogP contribution in [0.3, 0.4) is 0 Å². The third kappa shape index (κ3) is 2.16. The van der Waals surface area contributed by atoms with Crippen molar-refractivity contribution < 1.29 is 4.39 Å². The van der Waals surface area contributed by atoms with Crippen LogP contribution in [0.5, 0.6) is 0 Å². The predicted octanol–water partition coefficient (Wildman–Crippen LogP) is 4.02. The molecule has 1 N–H and O–H groups in total. The molecule has 0 aliphatic carbocycles. The molecule has 1 nitrogen and oxygen atoms in total. The Morgan fingerprint density at radius 2 is 2.12 bits per heavy atom. The van der Waals surface area contributed by atoms with E-state index >= 15 is 0 Å². The summed E-state index contributed by atoms with van der Waals surface area (Å²) < 4.78 is 14.7. The summed E-state index contributed by atoms with van der Waals surface area (Å²) in [6, 6.07) is 2.04. The van der Waals surface area contributed by atoms with Gasteiger partial charge in [0.05, 0.1) is 4.47 Å². The molecule has 1 heterocycles. The maximum Gasteiger partial charge on any atom is 0.142 e. The standard InChI is InChI=1S/C13H17BrFN/c1-8-7-10(14)13(15)12(9(8)2)11-5-3-4-6-16-11/h7,11,16H,3-6H2,1-2H3. The summed E-state index contributed by atoms with van der Waals surface area (Å²) >= 11 is 3.29. The lowest BCUT2D eigenvalue weighted by molar-refractivity contribution is 0.397. The second kappa shape index (κ2) is 4.84. The lowest BCUT2D eigenvalue weighted by Crippen LogP contribution is -2.28. The predicted molar refractivity (Wildman–Crippen MR) is 68.2 cm³/mol. The smallest absolute Gasteiger partial charge is 0.142 e. The molecule has 1 aliphatic rings. The molecule has 0 radical (unpaired) electrons. The van der Waals surface area contributed by atoms with Gasteiger partial charge in [-0.3, -0.25) is 0 Å². The number of hydrogen-bond donors (Lipinski definition) is 1. The lowest BCUT2D eigenvalue weighted by Gasteiger charge is -2.26. The van der Waals surface area contributed by atoms with Crippen molar-refractivity contribution in [2.75, 3.05) is 6.54 Å². The average molecular weight is 286 g/mol. The van der Waals surface area contributed by atoms with E-state index < -0.39 is 0 Å². The summed E-state index contributed by atoms with van der Waals surface area (Å²) in [5, 5.41) is 3.41. The molecule has 1 aromatic carbocycles. The number of benzene rings is 1. The van der Waals surface area contributed by atoms with Crippen molar-refractivity contribution in [1.82, 2.24) is 5.32 Å². The molecule has 0 amide bonds. The van der Waals surface area contributed by atoms with Gasteiger partial charge in [0.15, 0.2) is 0 Å². The molecule has 1 fully saturated rings. The fraction of sp³-hybridized carbons (Fsp3) is 0.538. The molecule has 16 heavy (non-hydrogen) atoms. The van der Waals surface area contributed by atoms with Crippen molar-refractivity contribution in [1.29, 1.82) is 0 Å². The van der Waals surface area contributed by atoms with E-state index in [2.05, 4.69) is 21.2 Å². The molecule has 0 bridgehead atoms. The van der Waals surface area contributed by atoms with Crippen LogP contribution >= 0.6 is 15.9 Å². The van der Waals surface area contributed by atoms with Crippen LogP contribution in [-0.4, -0.2) is 6.54 Å². The van der Waals surface area contributed by atoms with Gasteiger partial charge in [0.2, 0.25) is 0 Å². The van der Waals surface area contributed by atoms with E-state index in [-0.39, 0.29) is 11.9 Å². The van der Waals surface area contributed by atoms with Crippen LogP contribution in [0.1, 0.15) is 42.0 Å². The maximum atomic E-state index is 14.1. The molecule has 0 aromatic heterocycles. The highest BCUT2D eigenvalue weighted by Crippen LogP contribution is 2.33. The van der Waals surface area contributed by atoms with Gasteiger partial charge < -0.3 is 5.32 Å². The first-order valence-corrected chi connectivity index (χ1v) is 6.59. The van der Waals surface area contributed by atoms with Crippen molar-refractivity contribution in [3.8, 4) is 0 Å². The minimum absolute atomic E-state index is 0.0949. The fourth-order valence-electron chi connectivity index (χ4n) is 2.38. The first-order chi connectivity index (χ1) is 7.61. The van der Waals surface area contributed by atoms with E-state index in [1.54, 1.807) is 0 Å². The van der Waals surface area contributed by atoms with E-state index in [0.29, 0.717) is 4.47 Å². The second-order valence-electron chi connectivity index (χ2n) is 4.53. The van der Waals surface area contributed by atoms with Crippen LogP contribution in [0.2, 0.25) is 0 Å². The maximum absolute atomic E-state index is 14.1. The van der Waals surface area contributed by atoms with E-state index in [1.165, 1.54) is 12.8 Å². The Labute approximate surface area is 105 Å². The van der Waals surface area contributed by atoms with Gasteiger partial charge in [-0.2, -0.15) is 0 Å². The fourth-order valence-corrected chi connectivity index (χ4v) is 2.94. The van der Waals surface area contributed by atoms with E-state index in [0.717, 1.165) is 29.7 Å². The van der Waals surface area contributed by atoms with Gasteiger partial charge in [-0.1, -0.05) is 6.42 Å². The van der Waals surface area contributed by atoms with Crippen molar-refractivity contribution in [3.63, 3.8) is 0 Å². The summed E-state index contributed by atoms with van der Waals surface area (Å²) in [7, 11) is 0. The Morgan fingerprint density at radius 3 is 2.75 bits per heavy atom. The van der Waals surface area contributed by atoms with Crippen molar-refractivity contribution in [2.24, 2.45) is 0 Å².